The van der Waals surface area contributed by atoms with Crippen LogP contribution in [0.1, 0.15) is 56.1 Å². The topological polar surface area (TPSA) is 66.5 Å². The van der Waals surface area contributed by atoms with Crippen LogP contribution in [0.25, 0.3) is 0 Å². The number of hydrogen-bond donors (Lipinski definition) is 1. The number of nitrogens with one attached hydrogen (secondary N) is 1. The lowest BCUT2D eigenvalue weighted by molar-refractivity contribution is -0.140. The van der Waals surface area contributed by atoms with Crippen molar-refractivity contribution in [3.8, 4) is 0 Å². The number of carbonyl (C=O) groups excluding carboxylic acids is 3. The zero-order valence-corrected chi connectivity index (χ0v) is 15.4. The molecule has 6 heteroatoms. The van der Waals surface area contributed by atoms with Crippen LogP contribution in [0.3, 0.4) is 0 Å². The molecule has 0 atom stereocenters. The third-order valence-corrected chi connectivity index (χ3v) is 5.07. The maximum atomic E-state index is 12.2. The summed E-state index contributed by atoms with van der Waals surface area (Å²) < 4.78 is 0. The van der Waals surface area contributed by atoms with Gasteiger partial charge in [0, 0.05) is 37.4 Å². The summed E-state index contributed by atoms with van der Waals surface area (Å²) in [7, 11) is 0. The highest BCUT2D eigenvalue weighted by molar-refractivity contribution is 7.12. The molecule has 1 aliphatic rings. The van der Waals surface area contributed by atoms with Crippen LogP contribution in [0, 0.1) is 5.41 Å². The van der Waals surface area contributed by atoms with Crippen LogP contribution in [-0.4, -0.2) is 41.6 Å². The van der Waals surface area contributed by atoms with Gasteiger partial charge in [-0.05, 0) is 24.3 Å². The average molecular weight is 350 g/mol. The zero-order chi connectivity index (χ0) is 17.7. The van der Waals surface area contributed by atoms with Crippen LogP contribution in [0.2, 0.25) is 0 Å². The summed E-state index contributed by atoms with van der Waals surface area (Å²) in [6.45, 7) is 7.12. The lowest BCUT2D eigenvalue weighted by atomic mass is 9.93. The van der Waals surface area contributed by atoms with Gasteiger partial charge in [-0.1, -0.05) is 26.8 Å². The minimum absolute atomic E-state index is 0.0192. The molecule has 0 spiro atoms. The molecule has 5 nitrogen and oxygen atoms in total. The van der Waals surface area contributed by atoms with Crippen LogP contribution in [0.15, 0.2) is 17.5 Å². The monoisotopic (exact) mass is 350 g/mol. The normalized spacial score (nSPS) is 16.0. The summed E-state index contributed by atoms with van der Waals surface area (Å²) in [6.07, 6.45) is 2.00. The highest BCUT2D eigenvalue weighted by Gasteiger charge is 2.30. The number of Topliss-reactive ketones (excluding diaryl/α,β-unsaturated/α-hetero) is 1. The molecule has 0 saturated carbocycles. The van der Waals surface area contributed by atoms with Crippen LogP contribution < -0.4 is 5.32 Å². The summed E-state index contributed by atoms with van der Waals surface area (Å²) in [6, 6.07) is 3.72. The Hall–Kier alpha value is -1.69. The van der Waals surface area contributed by atoms with Crippen molar-refractivity contribution < 1.29 is 14.4 Å². The molecule has 0 radical (unpaired) electrons. The summed E-state index contributed by atoms with van der Waals surface area (Å²) in [5.74, 6) is 0.0973. The molecule has 1 saturated heterocycles. The minimum Gasteiger partial charge on any atom is -0.353 e. The van der Waals surface area contributed by atoms with Crippen molar-refractivity contribution >= 4 is 28.9 Å². The molecule has 0 unspecified atom stereocenters. The second kappa shape index (κ2) is 7.92. The summed E-state index contributed by atoms with van der Waals surface area (Å²) >= 11 is 1.40. The number of nitrogens with zero attached hydrogens (tertiary/aromatic N) is 1. The van der Waals surface area contributed by atoms with E-state index in [1.54, 1.807) is 6.07 Å². The number of likely N-dealkylation sites (tertiary alicyclic amines) is 1. The first-order valence-electron chi connectivity index (χ1n) is 8.43. The molecule has 2 rings (SSSR count). The average Bonchev–Trinajstić information content (AvgIpc) is 3.06. The van der Waals surface area contributed by atoms with Crippen molar-refractivity contribution in [2.24, 2.45) is 5.41 Å². The second-order valence-corrected chi connectivity index (χ2v) is 8.23. The third kappa shape index (κ3) is 5.16. The lowest BCUT2D eigenvalue weighted by Crippen LogP contribution is -2.49. The van der Waals surface area contributed by atoms with Crippen LogP contribution in [0.4, 0.5) is 0 Å². The van der Waals surface area contributed by atoms with Gasteiger partial charge in [0.05, 0.1) is 4.88 Å². The highest BCUT2D eigenvalue weighted by atomic mass is 32.1. The second-order valence-electron chi connectivity index (χ2n) is 7.28. The van der Waals surface area contributed by atoms with Crippen LogP contribution in [-0.2, 0) is 9.59 Å². The number of piperidine rings is 1. The summed E-state index contributed by atoms with van der Waals surface area (Å²) in [4.78, 5) is 38.7. The van der Waals surface area contributed by atoms with Crippen molar-refractivity contribution in [1.29, 1.82) is 0 Å². The predicted octanol–water partition coefficient (Wildman–Crippen LogP) is 2.86. The maximum Gasteiger partial charge on any atom is 0.227 e. The Labute approximate surface area is 147 Å². The van der Waals surface area contributed by atoms with Crippen molar-refractivity contribution in [2.45, 2.75) is 52.5 Å². The molecule has 2 amide bonds. The number of amides is 2. The minimum atomic E-state index is -0.363. The SMILES string of the molecule is CC(C)(C)C(=O)N1CCC(NC(=O)CCC(=O)c2cccs2)CC1. The smallest absolute Gasteiger partial charge is 0.227 e. The molecule has 0 aliphatic carbocycles. The Morgan fingerprint density at radius 2 is 1.88 bits per heavy atom. The van der Waals surface area contributed by atoms with E-state index in [1.165, 1.54) is 11.3 Å². The van der Waals surface area contributed by atoms with Gasteiger partial charge in [0.25, 0.3) is 0 Å². The number of rotatable bonds is 5. The van der Waals surface area contributed by atoms with E-state index >= 15 is 0 Å². The molecular weight excluding hydrogens is 324 g/mol. The fraction of sp³-hybridized carbons (Fsp3) is 0.611. The Morgan fingerprint density at radius 1 is 1.21 bits per heavy atom. The third-order valence-electron chi connectivity index (χ3n) is 4.16. The van der Waals surface area contributed by atoms with E-state index in [1.807, 2.05) is 37.1 Å². The van der Waals surface area contributed by atoms with Gasteiger partial charge >= 0.3 is 0 Å². The van der Waals surface area contributed by atoms with Crippen molar-refractivity contribution in [2.75, 3.05) is 13.1 Å². The molecule has 1 aliphatic heterocycles. The number of carbonyl (C=O) groups is 3. The van der Waals surface area contributed by atoms with Gasteiger partial charge in [-0.15, -0.1) is 11.3 Å². The van der Waals surface area contributed by atoms with Gasteiger partial charge in [0.15, 0.2) is 5.78 Å². The standard InChI is InChI=1S/C18H26N2O3S/c1-18(2,3)17(23)20-10-8-13(9-11-20)19-16(22)7-6-14(21)15-5-4-12-24-15/h4-5,12-13H,6-11H2,1-3H3,(H,19,22). The Balaban J connectivity index is 1.71. The maximum absolute atomic E-state index is 12.2. The van der Waals surface area contributed by atoms with Gasteiger partial charge in [-0.25, -0.2) is 0 Å². The first-order valence-corrected chi connectivity index (χ1v) is 9.31. The van der Waals surface area contributed by atoms with Gasteiger partial charge in [-0.3, -0.25) is 14.4 Å². The molecular formula is C18H26N2O3S. The summed E-state index contributed by atoms with van der Waals surface area (Å²) in [5.41, 5.74) is -0.363. The van der Waals surface area contributed by atoms with Crippen molar-refractivity contribution in [3.63, 3.8) is 0 Å². The molecule has 132 valence electrons. The van der Waals surface area contributed by atoms with E-state index in [9.17, 15) is 14.4 Å². The molecule has 24 heavy (non-hydrogen) atoms. The molecule has 1 fully saturated rings. The molecule has 0 bridgehead atoms. The summed E-state index contributed by atoms with van der Waals surface area (Å²) in [5, 5.41) is 4.85. The van der Waals surface area contributed by atoms with E-state index < -0.39 is 0 Å². The quantitative estimate of drug-likeness (QED) is 0.831. The largest absolute Gasteiger partial charge is 0.353 e. The number of hydrogen-bond acceptors (Lipinski definition) is 4. The van der Waals surface area contributed by atoms with Gasteiger partial charge in [-0.2, -0.15) is 0 Å². The fourth-order valence-corrected chi connectivity index (χ4v) is 3.48. The van der Waals surface area contributed by atoms with E-state index in [0.717, 1.165) is 12.8 Å². The molecule has 1 N–H and O–H groups in total. The Kier molecular flexibility index (Phi) is 6.15. The molecule has 1 aromatic heterocycles. The molecule has 0 aromatic carbocycles. The highest BCUT2D eigenvalue weighted by Crippen LogP contribution is 2.21. The van der Waals surface area contributed by atoms with Crippen molar-refractivity contribution in [3.05, 3.63) is 22.4 Å². The van der Waals surface area contributed by atoms with Gasteiger partial charge in [0.1, 0.15) is 0 Å². The van der Waals surface area contributed by atoms with Gasteiger partial charge in [0.2, 0.25) is 11.8 Å². The number of thiophene rings is 1. The fourth-order valence-electron chi connectivity index (χ4n) is 2.79. The van der Waals surface area contributed by atoms with Crippen LogP contribution >= 0.6 is 11.3 Å². The molecule has 1 aromatic rings. The van der Waals surface area contributed by atoms with Crippen LogP contribution in [0.5, 0.6) is 0 Å². The van der Waals surface area contributed by atoms with E-state index in [-0.39, 0.29) is 41.9 Å². The van der Waals surface area contributed by atoms with E-state index in [2.05, 4.69) is 5.32 Å². The predicted molar refractivity (Wildman–Crippen MR) is 95.1 cm³/mol. The van der Waals surface area contributed by atoms with E-state index in [0.29, 0.717) is 18.0 Å². The zero-order valence-electron chi connectivity index (χ0n) is 14.6. The lowest BCUT2D eigenvalue weighted by Gasteiger charge is -2.36. The first kappa shape index (κ1) is 18.6. The number of ketones is 1. The van der Waals surface area contributed by atoms with Crippen molar-refractivity contribution in [1.82, 2.24) is 10.2 Å². The van der Waals surface area contributed by atoms with E-state index in [4.69, 9.17) is 0 Å². The molecule has 2 heterocycles. The van der Waals surface area contributed by atoms with Gasteiger partial charge < -0.3 is 10.2 Å². The Bertz CT molecular complexity index is 582. The Morgan fingerprint density at radius 3 is 2.42 bits per heavy atom. The first-order chi connectivity index (χ1) is 11.3.